The fourth-order valence-corrected chi connectivity index (χ4v) is 5.40. The molecule has 0 atom stereocenters. The van der Waals surface area contributed by atoms with Crippen molar-refractivity contribution >= 4 is 22.5 Å². The number of rotatable bonds is 7. The number of benzene rings is 2. The first-order chi connectivity index (χ1) is 18.0. The molecule has 0 bridgehead atoms. The highest BCUT2D eigenvalue weighted by Crippen LogP contribution is 2.39. The zero-order valence-corrected chi connectivity index (χ0v) is 21.4. The number of aliphatic imine (C=N–C) groups is 1. The predicted molar refractivity (Wildman–Crippen MR) is 141 cm³/mol. The smallest absolute Gasteiger partial charge is 0.226 e. The van der Waals surface area contributed by atoms with Gasteiger partial charge in [-0.15, -0.1) is 0 Å². The molecule has 196 valence electrons. The van der Waals surface area contributed by atoms with E-state index in [0.717, 1.165) is 56.2 Å². The van der Waals surface area contributed by atoms with Gasteiger partial charge >= 0.3 is 0 Å². The van der Waals surface area contributed by atoms with Crippen molar-refractivity contribution in [1.82, 2.24) is 9.88 Å². The zero-order chi connectivity index (χ0) is 25.4. The number of ether oxygens (including phenoxy) is 4. The Morgan fingerprint density at radius 1 is 1.11 bits per heavy atom. The van der Waals surface area contributed by atoms with Gasteiger partial charge in [0, 0.05) is 34.6 Å². The quantitative estimate of drug-likeness (QED) is 0.450. The van der Waals surface area contributed by atoms with Gasteiger partial charge in [0.1, 0.15) is 6.67 Å². The molecule has 0 saturated carbocycles. The average molecular weight is 509 g/mol. The summed E-state index contributed by atoms with van der Waals surface area (Å²) in [6.07, 6.45) is 3.40. The molecule has 2 N–H and O–H groups in total. The van der Waals surface area contributed by atoms with Crippen molar-refractivity contribution < 1.29 is 23.3 Å². The van der Waals surface area contributed by atoms with E-state index in [0.29, 0.717) is 47.0 Å². The minimum atomic E-state index is -0.415. The summed E-state index contributed by atoms with van der Waals surface area (Å²) in [6.45, 7) is 7.97. The van der Waals surface area contributed by atoms with Gasteiger partial charge in [-0.1, -0.05) is 0 Å². The Labute approximate surface area is 215 Å². The molecule has 3 aromatic rings. The number of hydrogen-bond donors (Lipinski definition) is 2. The topological polar surface area (TPSA) is 80.3 Å². The van der Waals surface area contributed by atoms with Gasteiger partial charge in [0.25, 0.3) is 0 Å². The third kappa shape index (κ3) is 4.73. The van der Waals surface area contributed by atoms with Crippen LogP contribution in [0.15, 0.2) is 35.3 Å². The summed E-state index contributed by atoms with van der Waals surface area (Å²) in [6, 6.07) is 8.94. The Kier molecular flexibility index (Phi) is 6.42. The molecule has 9 heteroatoms. The van der Waals surface area contributed by atoms with Crippen molar-refractivity contribution in [1.29, 1.82) is 0 Å². The third-order valence-electron chi connectivity index (χ3n) is 7.68. The lowest BCUT2D eigenvalue weighted by Crippen LogP contribution is -2.51. The molecule has 2 fully saturated rings. The van der Waals surface area contributed by atoms with E-state index in [1.807, 2.05) is 25.1 Å². The standard InChI is InChI=1S/C28H33FN4O4/c1-18-12-19-21(32-18)4-5-23(26(19)29)37-27-20-13-24(34-2)25(14-22(20)30-17-31-27)36-11-3-8-33-9-6-28(7-10-33)15-35-16-28/h4-5,12-14,30,32H,3,6-11,15-17H2,1-2H3. The highest BCUT2D eigenvalue weighted by molar-refractivity contribution is 6.03. The summed E-state index contributed by atoms with van der Waals surface area (Å²) in [5.74, 6) is 1.30. The number of nitrogens with one attached hydrogen (secondary N) is 2. The van der Waals surface area contributed by atoms with Crippen LogP contribution in [0.4, 0.5) is 10.1 Å². The molecule has 2 saturated heterocycles. The van der Waals surface area contributed by atoms with Crippen LogP contribution in [-0.4, -0.2) is 69.0 Å². The Hall–Kier alpha value is -3.30. The number of H-pyrrole nitrogens is 1. The monoisotopic (exact) mass is 508 g/mol. The van der Waals surface area contributed by atoms with Gasteiger partial charge in [0.05, 0.1) is 38.2 Å². The molecular weight excluding hydrogens is 475 g/mol. The number of hydrogen-bond acceptors (Lipinski definition) is 7. The number of aromatic amines is 1. The molecule has 3 aliphatic rings. The van der Waals surface area contributed by atoms with Crippen molar-refractivity contribution in [2.24, 2.45) is 10.4 Å². The van der Waals surface area contributed by atoms with Gasteiger partial charge in [0.2, 0.25) is 5.90 Å². The molecule has 0 aliphatic carbocycles. The number of fused-ring (bicyclic) bond motifs is 2. The lowest BCUT2D eigenvalue weighted by Gasteiger charge is -2.47. The maximum atomic E-state index is 15.1. The average Bonchev–Trinajstić information content (AvgIpc) is 3.28. The summed E-state index contributed by atoms with van der Waals surface area (Å²) >= 11 is 0. The fourth-order valence-electron chi connectivity index (χ4n) is 5.40. The van der Waals surface area contributed by atoms with Crippen LogP contribution in [0.25, 0.3) is 10.9 Å². The van der Waals surface area contributed by atoms with Crippen LogP contribution < -0.4 is 19.5 Å². The van der Waals surface area contributed by atoms with Crippen molar-refractivity contribution in [3.8, 4) is 17.2 Å². The summed E-state index contributed by atoms with van der Waals surface area (Å²) in [5.41, 5.74) is 3.59. The van der Waals surface area contributed by atoms with E-state index in [2.05, 4.69) is 20.2 Å². The maximum Gasteiger partial charge on any atom is 0.226 e. The normalized spacial score (nSPS) is 18.6. The Bertz CT molecular complexity index is 1320. The SMILES string of the molecule is COc1cc2c(cc1OCCCN1CCC3(CC1)COC3)NCN=C2Oc1ccc2[nH]c(C)cc2c1F. The van der Waals surface area contributed by atoms with Crippen LogP contribution in [0.3, 0.4) is 0 Å². The molecular formula is C28H33FN4O4. The summed E-state index contributed by atoms with van der Waals surface area (Å²) in [4.78, 5) is 10.1. The number of methoxy groups -OCH3 is 1. The molecule has 0 amide bonds. The molecule has 1 spiro atoms. The van der Waals surface area contributed by atoms with Crippen LogP contribution in [0, 0.1) is 18.2 Å². The first-order valence-electron chi connectivity index (χ1n) is 12.9. The third-order valence-corrected chi connectivity index (χ3v) is 7.68. The largest absolute Gasteiger partial charge is 0.493 e. The number of halogens is 1. The zero-order valence-electron chi connectivity index (χ0n) is 21.4. The van der Waals surface area contributed by atoms with E-state index in [1.54, 1.807) is 19.2 Å². The highest BCUT2D eigenvalue weighted by atomic mass is 19.1. The second-order valence-electron chi connectivity index (χ2n) is 10.3. The minimum absolute atomic E-state index is 0.130. The second kappa shape index (κ2) is 9.87. The number of aromatic nitrogens is 1. The van der Waals surface area contributed by atoms with Crippen molar-refractivity contribution in [2.75, 3.05) is 58.6 Å². The number of aryl methyl sites for hydroxylation is 1. The molecule has 1 aromatic heterocycles. The lowest BCUT2D eigenvalue weighted by atomic mass is 9.77. The molecule has 8 nitrogen and oxygen atoms in total. The number of nitrogens with zero attached hydrogens (tertiary/aromatic N) is 2. The van der Waals surface area contributed by atoms with Crippen LogP contribution in [0.5, 0.6) is 17.2 Å². The van der Waals surface area contributed by atoms with Crippen LogP contribution in [0.2, 0.25) is 0 Å². The first kappa shape index (κ1) is 24.1. The fraction of sp³-hybridized carbons (Fsp3) is 0.464. The van der Waals surface area contributed by atoms with E-state index in [-0.39, 0.29) is 5.75 Å². The number of piperidine rings is 1. The van der Waals surface area contributed by atoms with E-state index >= 15 is 4.39 Å². The van der Waals surface area contributed by atoms with Crippen molar-refractivity contribution in [2.45, 2.75) is 26.2 Å². The maximum absolute atomic E-state index is 15.1. The lowest BCUT2D eigenvalue weighted by molar-refractivity contribution is -0.139. The van der Waals surface area contributed by atoms with Gasteiger partial charge in [-0.3, -0.25) is 0 Å². The van der Waals surface area contributed by atoms with E-state index in [1.165, 1.54) is 12.8 Å². The van der Waals surface area contributed by atoms with E-state index < -0.39 is 5.82 Å². The molecule has 6 rings (SSSR count). The van der Waals surface area contributed by atoms with Gasteiger partial charge in [0.15, 0.2) is 23.1 Å². The molecule has 0 radical (unpaired) electrons. The van der Waals surface area contributed by atoms with Gasteiger partial charge in [-0.25, -0.2) is 9.38 Å². The van der Waals surface area contributed by atoms with Crippen molar-refractivity contribution in [3.05, 3.63) is 47.4 Å². The Morgan fingerprint density at radius 3 is 2.70 bits per heavy atom. The predicted octanol–water partition coefficient (Wildman–Crippen LogP) is 4.71. The second-order valence-corrected chi connectivity index (χ2v) is 10.3. The molecule has 2 aromatic carbocycles. The highest BCUT2D eigenvalue weighted by Gasteiger charge is 2.40. The van der Waals surface area contributed by atoms with Gasteiger partial charge < -0.3 is 34.1 Å². The summed E-state index contributed by atoms with van der Waals surface area (Å²) in [7, 11) is 1.61. The Morgan fingerprint density at radius 2 is 1.95 bits per heavy atom. The van der Waals surface area contributed by atoms with Crippen LogP contribution >= 0.6 is 0 Å². The Balaban J connectivity index is 1.11. The number of likely N-dealkylation sites (tertiary alicyclic amines) is 1. The van der Waals surface area contributed by atoms with Gasteiger partial charge in [-0.05, 0) is 63.5 Å². The van der Waals surface area contributed by atoms with Crippen LogP contribution in [-0.2, 0) is 4.74 Å². The molecule has 37 heavy (non-hydrogen) atoms. The molecule has 0 unspecified atom stereocenters. The summed E-state index contributed by atoms with van der Waals surface area (Å²) in [5, 5.41) is 3.75. The van der Waals surface area contributed by atoms with E-state index in [9.17, 15) is 0 Å². The first-order valence-corrected chi connectivity index (χ1v) is 12.9. The summed E-state index contributed by atoms with van der Waals surface area (Å²) < 4.78 is 38.3. The van der Waals surface area contributed by atoms with Crippen LogP contribution in [0.1, 0.15) is 30.5 Å². The van der Waals surface area contributed by atoms with Gasteiger partial charge in [-0.2, -0.15) is 0 Å². The molecule has 3 aliphatic heterocycles. The molecule has 4 heterocycles. The van der Waals surface area contributed by atoms with Crippen molar-refractivity contribution in [3.63, 3.8) is 0 Å². The minimum Gasteiger partial charge on any atom is -0.493 e. The number of anilines is 1. The van der Waals surface area contributed by atoms with E-state index in [4.69, 9.17) is 18.9 Å².